The summed E-state index contributed by atoms with van der Waals surface area (Å²) in [5.41, 5.74) is 1.03. The number of hydrogen-bond acceptors (Lipinski definition) is 2. The summed E-state index contributed by atoms with van der Waals surface area (Å²) < 4.78 is 0.845. The summed E-state index contributed by atoms with van der Waals surface area (Å²) in [7, 11) is 0. The van der Waals surface area contributed by atoms with Crippen molar-refractivity contribution in [2.75, 3.05) is 24.5 Å². The molecule has 0 saturated carbocycles. The summed E-state index contributed by atoms with van der Waals surface area (Å²) in [4.78, 5) is 2.33. The Labute approximate surface area is 127 Å². The monoisotopic (exact) mass is 350 g/mol. The molecule has 2 nitrogen and oxygen atoms in total. The Morgan fingerprint density at radius 1 is 1.39 bits per heavy atom. The van der Waals surface area contributed by atoms with Crippen molar-refractivity contribution in [3.8, 4) is 0 Å². The molecule has 100 valence electrons. The number of halogens is 3. The second-order valence-corrected chi connectivity index (χ2v) is 6.16. The standard InChI is InChI=1S/C13H17BrCl2N2/c1-2-9-8-18(7-3-6-17-9)11-5-4-10(14)12(15)13(11)16/h4-5,9,17H,2-3,6-8H2,1H3. The van der Waals surface area contributed by atoms with E-state index in [1.807, 2.05) is 12.1 Å². The average Bonchev–Trinajstić information content (AvgIpc) is 2.61. The van der Waals surface area contributed by atoms with E-state index in [9.17, 15) is 0 Å². The molecular formula is C13H17BrCl2N2. The summed E-state index contributed by atoms with van der Waals surface area (Å²) >= 11 is 15.9. The first-order chi connectivity index (χ1) is 8.63. The zero-order valence-corrected chi connectivity index (χ0v) is 13.4. The third-order valence-electron chi connectivity index (χ3n) is 3.33. The molecule has 1 aromatic rings. The van der Waals surface area contributed by atoms with Gasteiger partial charge in [0, 0.05) is 23.6 Å². The summed E-state index contributed by atoms with van der Waals surface area (Å²) in [6, 6.07) is 4.52. The highest BCUT2D eigenvalue weighted by molar-refractivity contribution is 9.10. The third-order valence-corrected chi connectivity index (χ3v) is 5.09. The number of nitrogens with zero attached hydrogens (tertiary/aromatic N) is 1. The molecule has 2 rings (SSSR count). The zero-order valence-electron chi connectivity index (χ0n) is 10.3. The van der Waals surface area contributed by atoms with Crippen LogP contribution in [0.25, 0.3) is 0 Å². The van der Waals surface area contributed by atoms with Crippen LogP contribution in [0.2, 0.25) is 10.0 Å². The lowest BCUT2D eigenvalue weighted by molar-refractivity contribution is 0.528. The molecule has 18 heavy (non-hydrogen) atoms. The lowest BCUT2D eigenvalue weighted by Crippen LogP contribution is -2.37. The number of nitrogens with one attached hydrogen (secondary N) is 1. The second-order valence-electron chi connectivity index (χ2n) is 4.55. The smallest absolute Gasteiger partial charge is 0.0837 e. The molecule has 0 amide bonds. The van der Waals surface area contributed by atoms with Crippen molar-refractivity contribution in [1.82, 2.24) is 5.32 Å². The molecule has 1 aliphatic rings. The quantitative estimate of drug-likeness (QED) is 0.797. The fourth-order valence-corrected chi connectivity index (χ4v) is 3.14. The maximum Gasteiger partial charge on any atom is 0.0837 e. The van der Waals surface area contributed by atoms with Crippen LogP contribution in [0.15, 0.2) is 16.6 Å². The van der Waals surface area contributed by atoms with Gasteiger partial charge >= 0.3 is 0 Å². The van der Waals surface area contributed by atoms with E-state index in [1.54, 1.807) is 0 Å². The van der Waals surface area contributed by atoms with Gasteiger partial charge in [0.05, 0.1) is 15.7 Å². The Balaban J connectivity index is 2.27. The van der Waals surface area contributed by atoms with Crippen molar-refractivity contribution < 1.29 is 0 Å². The average molecular weight is 352 g/mol. The summed E-state index contributed by atoms with van der Waals surface area (Å²) in [6.45, 7) is 5.27. The van der Waals surface area contributed by atoms with Gasteiger partial charge in [-0.25, -0.2) is 0 Å². The topological polar surface area (TPSA) is 15.3 Å². The van der Waals surface area contributed by atoms with Gasteiger partial charge in [0.15, 0.2) is 0 Å². The molecule has 1 atom stereocenters. The van der Waals surface area contributed by atoms with Gasteiger partial charge in [-0.15, -0.1) is 0 Å². The van der Waals surface area contributed by atoms with Gasteiger partial charge in [-0.3, -0.25) is 0 Å². The fraction of sp³-hybridized carbons (Fsp3) is 0.538. The Morgan fingerprint density at radius 2 is 2.17 bits per heavy atom. The van der Waals surface area contributed by atoms with Crippen LogP contribution in [-0.4, -0.2) is 25.7 Å². The lowest BCUT2D eigenvalue weighted by Gasteiger charge is -2.27. The van der Waals surface area contributed by atoms with E-state index in [2.05, 4.69) is 33.1 Å². The predicted molar refractivity (Wildman–Crippen MR) is 83.1 cm³/mol. The number of hydrogen-bond donors (Lipinski definition) is 1. The number of anilines is 1. The van der Waals surface area contributed by atoms with E-state index in [-0.39, 0.29) is 0 Å². The van der Waals surface area contributed by atoms with E-state index in [4.69, 9.17) is 23.2 Å². The van der Waals surface area contributed by atoms with E-state index >= 15 is 0 Å². The van der Waals surface area contributed by atoms with Gasteiger partial charge in [-0.1, -0.05) is 30.1 Å². The van der Waals surface area contributed by atoms with E-state index in [1.165, 1.54) is 0 Å². The normalized spacial score (nSPS) is 20.9. The summed E-state index contributed by atoms with van der Waals surface area (Å²) in [6.07, 6.45) is 2.25. The summed E-state index contributed by atoms with van der Waals surface area (Å²) in [5.74, 6) is 0. The van der Waals surface area contributed by atoms with Gasteiger partial charge in [0.25, 0.3) is 0 Å². The molecule has 1 aliphatic heterocycles. The summed E-state index contributed by atoms with van der Waals surface area (Å²) in [5, 5.41) is 4.79. The molecule has 1 N–H and O–H groups in total. The Morgan fingerprint density at radius 3 is 2.89 bits per heavy atom. The van der Waals surface area contributed by atoms with E-state index in [0.717, 1.165) is 42.6 Å². The fourth-order valence-electron chi connectivity index (χ4n) is 2.25. The Bertz CT molecular complexity index is 426. The van der Waals surface area contributed by atoms with Gasteiger partial charge in [0.1, 0.15) is 0 Å². The van der Waals surface area contributed by atoms with E-state index in [0.29, 0.717) is 16.1 Å². The molecule has 0 bridgehead atoms. The van der Waals surface area contributed by atoms with Crippen molar-refractivity contribution in [1.29, 1.82) is 0 Å². The first-order valence-corrected chi connectivity index (χ1v) is 7.80. The van der Waals surface area contributed by atoms with Gasteiger partial charge in [-0.2, -0.15) is 0 Å². The Hall–Kier alpha value is 0.0400. The van der Waals surface area contributed by atoms with Crippen molar-refractivity contribution in [3.63, 3.8) is 0 Å². The van der Waals surface area contributed by atoms with Gasteiger partial charge in [-0.05, 0) is 47.4 Å². The molecule has 5 heteroatoms. The predicted octanol–water partition coefficient (Wildman–Crippen LogP) is 4.33. The molecule has 0 radical (unpaired) electrons. The molecule has 1 heterocycles. The first-order valence-electron chi connectivity index (χ1n) is 6.25. The van der Waals surface area contributed by atoms with Crippen LogP contribution >= 0.6 is 39.1 Å². The van der Waals surface area contributed by atoms with Crippen LogP contribution in [-0.2, 0) is 0 Å². The molecule has 1 unspecified atom stereocenters. The zero-order chi connectivity index (χ0) is 13.1. The second kappa shape index (κ2) is 6.47. The van der Waals surface area contributed by atoms with Crippen molar-refractivity contribution in [2.24, 2.45) is 0 Å². The van der Waals surface area contributed by atoms with Crippen LogP contribution in [0.4, 0.5) is 5.69 Å². The van der Waals surface area contributed by atoms with E-state index < -0.39 is 0 Å². The number of benzene rings is 1. The molecule has 1 aromatic carbocycles. The SMILES string of the molecule is CCC1CN(c2ccc(Br)c(Cl)c2Cl)CCCN1. The highest BCUT2D eigenvalue weighted by atomic mass is 79.9. The van der Waals surface area contributed by atoms with Crippen LogP contribution in [0, 0.1) is 0 Å². The molecule has 1 fully saturated rings. The number of rotatable bonds is 2. The maximum atomic E-state index is 6.35. The first kappa shape index (κ1) is 14.4. The minimum absolute atomic E-state index is 0.519. The maximum absolute atomic E-state index is 6.35. The highest BCUT2D eigenvalue weighted by Crippen LogP contribution is 2.38. The minimum atomic E-state index is 0.519. The molecule has 1 saturated heterocycles. The molecular weight excluding hydrogens is 335 g/mol. The lowest BCUT2D eigenvalue weighted by atomic mass is 10.2. The van der Waals surface area contributed by atoms with Crippen molar-refractivity contribution in [3.05, 3.63) is 26.7 Å². The van der Waals surface area contributed by atoms with Crippen LogP contribution in [0.1, 0.15) is 19.8 Å². The highest BCUT2D eigenvalue weighted by Gasteiger charge is 2.20. The largest absolute Gasteiger partial charge is 0.369 e. The molecule has 0 spiro atoms. The van der Waals surface area contributed by atoms with Crippen molar-refractivity contribution in [2.45, 2.75) is 25.8 Å². The van der Waals surface area contributed by atoms with Crippen LogP contribution in [0.5, 0.6) is 0 Å². The Kier molecular flexibility index (Phi) is 5.19. The van der Waals surface area contributed by atoms with Crippen LogP contribution < -0.4 is 10.2 Å². The van der Waals surface area contributed by atoms with Crippen molar-refractivity contribution >= 4 is 44.8 Å². The molecule has 0 aliphatic carbocycles. The molecule has 0 aromatic heterocycles. The minimum Gasteiger partial charge on any atom is -0.369 e. The van der Waals surface area contributed by atoms with Crippen LogP contribution in [0.3, 0.4) is 0 Å². The van der Waals surface area contributed by atoms with Gasteiger partial charge in [0.2, 0.25) is 0 Å². The van der Waals surface area contributed by atoms with Gasteiger partial charge < -0.3 is 10.2 Å². The third kappa shape index (κ3) is 3.13.